The number of unbranched alkanes of at least 4 members (excludes halogenated alkanes) is 1. The van der Waals surface area contributed by atoms with Crippen LogP contribution in [0.4, 0.5) is 0 Å². The third kappa shape index (κ3) is 5.73. The highest BCUT2D eigenvalue weighted by Gasteiger charge is 2.31. The van der Waals surface area contributed by atoms with Gasteiger partial charge in [-0.2, -0.15) is 0 Å². The van der Waals surface area contributed by atoms with Crippen molar-refractivity contribution in [3.8, 4) is 0 Å². The predicted molar refractivity (Wildman–Crippen MR) is 120 cm³/mol. The van der Waals surface area contributed by atoms with E-state index in [2.05, 4.69) is 25.8 Å². The van der Waals surface area contributed by atoms with Crippen LogP contribution in [0, 0.1) is 11.3 Å². The largest absolute Gasteiger partial charge is 0.462 e. The highest BCUT2D eigenvalue weighted by Crippen LogP contribution is 2.38. The van der Waals surface area contributed by atoms with E-state index in [1.54, 1.807) is 5.38 Å². The fourth-order valence-corrected chi connectivity index (χ4v) is 4.89. The van der Waals surface area contributed by atoms with E-state index in [0.29, 0.717) is 17.4 Å². The Morgan fingerprint density at radius 1 is 1.23 bits per heavy atom. The van der Waals surface area contributed by atoms with Crippen LogP contribution in [0.3, 0.4) is 0 Å². The van der Waals surface area contributed by atoms with Gasteiger partial charge in [0.1, 0.15) is 17.5 Å². The van der Waals surface area contributed by atoms with Gasteiger partial charge in [0.25, 0.3) is 5.56 Å². The molecule has 0 N–H and O–H groups in total. The van der Waals surface area contributed by atoms with E-state index in [1.165, 1.54) is 22.2 Å². The summed E-state index contributed by atoms with van der Waals surface area (Å²) in [6, 6.07) is 0. The minimum Gasteiger partial charge on any atom is -0.462 e. The molecule has 0 radical (unpaired) electrons. The number of aromatic nitrogens is 2. The van der Waals surface area contributed by atoms with Crippen LogP contribution in [-0.2, 0) is 20.8 Å². The summed E-state index contributed by atoms with van der Waals surface area (Å²) in [4.78, 5) is 42.5. The minimum atomic E-state index is -0.533. The molecule has 170 valence electrons. The van der Waals surface area contributed by atoms with Gasteiger partial charge >= 0.3 is 11.9 Å². The lowest BCUT2D eigenvalue weighted by Crippen LogP contribution is -2.32. The number of fused-ring (bicyclic) bond motifs is 1. The van der Waals surface area contributed by atoms with Crippen LogP contribution < -0.4 is 5.56 Å². The molecule has 2 aromatic rings. The molecular formula is C23H32N2O5S. The van der Waals surface area contributed by atoms with E-state index in [9.17, 15) is 14.4 Å². The number of rotatable bonds is 7. The van der Waals surface area contributed by atoms with Gasteiger partial charge in [0.05, 0.1) is 23.9 Å². The number of hydrogen-bond acceptors (Lipinski definition) is 7. The van der Waals surface area contributed by atoms with Crippen LogP contribution in [0.2, 0.25) is 0 Å². The van der Waals surface area contributed by atoms with Gasteiger partial charge in [-0.15, -0.1) is 11.3 Å². The van der Waals surface area contributed by atoms with Gasteiger partial charge in [-0.3, -0.25) is 14.2 Å². The second kappa shape index (κ2) is 9.94. The van der Waals surface area contributed by atoms with E-state index >= 15 is 0 Å². The second-order valence-corrected chi connectivity index (χ2v) is 10.2. The second-order valence-electron chi connectivity index (χ2n) is 9.33. The van der Waals surface area contributed by atoms with Crippen molar-refractivity contribution in [2.24, 2.45) is 11.3 Å². The van der Waals surface area contributed by atoms with Crippen molar-refractivity contribution < 1.29 is 19.1 Å². The van der Waals surface area contributed by atoms with Crippen LogP contribution in [0.1, 0.15) is 76.6 Å². The number of ether oxygens (including phenoxy) is 2. The predicted octanol–water partition coefficient (Wildman–Crippen LogP) is 4.56. The average Bonchev–Trinajstić information content (AvgIpc) is 3.15. The maximum Gasteiger partial charge on any atom is 0.339 e. The smallest absolute Gasteiger partial charge is 0.339 e. The first kappa shape index (κ1) is 23.4. The average molecular weight is 449 g/mol. The summed E-state index contributed by atoms with van der Waals surface area (Å²) < 4.78 is 12.1. The lowest BCUT2D eigenvalue weighted by Gasteiger charge is -2.36. The molecule has 0 amide bonds. The van der Waals surface area contributed by atoms with Gasteiger partial charge < -0.3 is 9.47 Å². The molecule has 8 heteroatoms. The summed E-state index contributed by atoms with van der Waals surface area (Å²) in [6.07, 6.45) is 6.66. The van der Waals surface area contributed by atoms with Crippen molar-refractivity contribution in [2.45, 2.75) is 78.9 Å². The molecular weight excluding hydrogens is 416 g/mol. The molecule has 1 aliphatic carbocycles. The van der Waals surface area contributed by atoms with E-state index in [1.807, 2.05) is 6.92 Å². The van der Waals surface area contributed by atoms with Gasteiger partial charge in [0.2, 0.25) is 0 Å². The summed E-state index contributed by atoms with van der Waals surface area (Å²) in [5, 5.41) is 1.79. The molecule has 31 heavy (non-hydrogen) atoms. The Morgan fingerprint density at radius 2 is 1.94 bits per heavy atom. The molecule has 0 aliphatic heterocycles. The molecule has 1 saturated carbocycles. The number of thiophene rings is 1. The standard InChI is InChI=1S/C23H32N2O5S/c1-5-6-11-29-22(28)17-13-31-20-19(17)21(27)25(14-24-20)12-18(26)30-16-9-7-15(8-10-16)23(2,3)4/h13-16H,5-12H2,1-4H3. The zero-order chi connectivity index (χ0) is 22.6. The molecule has 0 atom stereocenters. The Bertz CT molecular complexity index is 980. The fraction of sp³-hybridized carbons (Fsp3) is 0.652. The van der Waals surface area contributed by atoms with E-state index in [4.69, 9.17) is 9.47 Å². The Morgan fingerprint density at radius 3 is 2.58 bits per heavy atom. The van der Waals surface area contributed by atoms with Crippen LogP contribution in [0.25, 0.3) is 10.2 Å². The van der Waals surface area contributed by atoms with Crippen molar-refractivity contribution in [1.82, 2.24) is 9.55 Å². The van der Waals surface area contributed by atoms with Crippen LogP contribution in [-0.4, -0.2) is 34.2 Å². The van der Waals surface area contributed by atoms with Crippen molar-refractivity contribution in [1.29, 1.82) is 0 Å². The summed E-state index contributed by atoms with van der Waals surface area (Å²) in [5.74, 6) is -0.356. The van der Waals surface area contributed by atoms with Gasteiger partial charge in [-0.1, -0.05) is 34.1 Å². The van der Waals surface area contributed by atoms with Gasteiger partial charge in [0.15, 0.2) is 0 Å². The zero-order valence-corrected chi connectivity index (χ0v) is 19.6. The Hall–Kier alpha value is -2.22. The fourth-order valence-electron chi connectivity index (χ4n) is 4.03. The Balaban J connectivity index is 1.66. The number of hydrogen-bond donors (Lipinski definition) is 0. The molecule has 0 unspecified atom stereocenters. The normalized spacial score (nSPS) is 19.4. The molecule has 3 rings (SSSR count). The number of carbonyl (C=O) groups excluding carboxylic acids is 2. The summed E-state index contributed by atoms with van der Waals surface area (Å²) in [7, 11) is 0. The molecule has 0 saturated heterocycles. The highest BCUT2D eigenvalue weighted by atomic mass is 32.1. The van der Waals surface area contributed by atoms with Gasteiger partial charge in [-0.05, 0) is 43.4 Å². The number of esters is 2. The van der Waals surface area contributed by atoms with Crippen molar-refractivity contribution >= 4 is 33.5 Å². The first-order valence-electron chi connectivity index (χ1n) is 11.0. The maximum absolute atomic E-state index is 12.9. The molecule has 0 aromatic carbocycles. The van der Waals surface area contributed by atoms with Crippen LogP contribution in [0.15, 0.2) is 16.5 Å². The van der Waals surface area contributed by atoms with Crippen LogP contribution in [0.5, 0.6) is 0 Å². The molecule has 1 fully saturated rings. The third-order valence-electron chi connectivity index (χ3n) is 6.01. The first-order chi connectivity index (χ1) is 14.7. The minimum absolute atomic E-state index is 0.108. The van der Waals surface area contributed by atoms with E-state index < -0.39 is 17.5 Å². The van der Waals surface area contributed by atoms with Crippen LogP contribution >= 0.6 is 11.3 Å². The lowest BCUT2D eigenvalue weighted by molar-refractivity contribution is -0.152. The Labute approximate surface area is 186 Å². The molecule has 2 aromatic heterocycles. The van der Waals surface area contributed by atoms with Crippen molar-refractivity contribution in [3.63, 3.8) is 0 Å². The highest BCUT2D eigenvalue weighted by molar-refractivity contribution is 7.17. The molecule has 1 aliphatic rings. The summed E-state index contributed by atoms with van der Waals surface area (Å²) >= 11 is 1.21. The van der Waals surface area contributed by atoms with Crippen molar-refractivity contribution in [2.75, 3.05) is 6.61 Å². The zero-order valence-electron chi connectivity index (χ0n) is 18.8. The van der Waals surface area contributed by atoms with Gasteiger partial charge in [-0.25, -0.2) is 9.78 Å². The quantitative estimate of drug-likeness (QED) is 0.456. The molecule has 0 spiro atoms. The number of nitrogens with zero attached hydrogens (tertiary/aromatic N) is 2. The molecule has 7 nitrogen and oxygen atoms in total. The molecule has 0 bridgehead atoms. The third-order valence-corrected chi connectivity index (χ3v) is 6.89. The monoisotopic (exact) mass is 448 g/mol. The molecule has 2 heterocycles. The van der Waals surface area contributed by atoms with E-state index in [0.717, 1.165) is 38.5 Å². The summed E-state index contributed by atoms with van der Waals surface area (Å²) in [6.45, 7) is 8.84. The van der Waals surface area contributed by atoms with Crippen molar-refractivity contribution in [3.05, 3.63) is 27.6 Å². The SMILES string of the molecule is CCCCOC(=O)c1csc2ncn(CC(=O)OC3CCC(C(C)(C)C)CC3)c(=O)c12. The first-order valence-corrected chi connectivity index (χ1v) is 11.9. The number of carbonyl (C=O) groups is 2. The topological polar surface area (TPSA) is 87.5 Å². The van der Waals surface area contributed by atoms with Gasteiger partial charge in [0, 0.05) is 5.38 Å². The maximum atomic E-state index is 12.9. The van der Waals surface area contributed by atoms with E-state index in [-0.39, 0.29) is 29.0 Å². The lowest BCUT2D eigenvalue weighted by atomic mass is 9.72. The Kier molecular flexibility index (Phi) is 7.51. The summed E-state index contributed by atoms with van der Waals surface area (Å²) in [5.41, 5.74) is 0.0400.